The minimum atomic E-state index is 0.574. The molecule has 1 unspecified atom stereocenters. The van der Waals surface area contributed by atoms with Crippen LogP contribution in [0.1, 0.15) is 24.1 Å². The molecule has 1 heterocycles. The molecule has 1 nitrogen and oxygen atoms in total. The highest BCUT2D eigenvalue weighted by Gasteiger charge is 2.22. The van der Waals surface area contributed by atoms with E-state index in [1.807, 2.05) is 11.8 Å². The lowest BCUT2D eigenvalue weighted by atomic mass is 10.1. The van der Waals surface area contributed by atoms with Crippen LogP contribution in [0.2, 0.25) is 0 Å². The highest BCUT2D eigenvalue weighted by Crippen LogP contribution is 2.39. The van der Waals surface area contributed by atoms with E-state index in [2.05, 4.69) is 37.4 Å². The van der Waals surface area contributed by atoms with E-state index in [1.54, 1.807) is 0 Å². The summed E-state index contributed by atoms with van der Waals surface area (Å²) < 4.78 is 0. The Morgan fingerprint density at radius 3 is 3.15 bits per heavy atom. The Kier molecular flexibility index (Phi) is 2.61. The predicted molar refractivity (Wildman–Crippen MR) is 58.3 cm³/mol. The van der Waals surface area contributed by atoms with Crippen molar-refractivity contribution in [3.8, 4) is 0 Å². The first-order valence-corrected chi connectivity index (χ1v) is 5.77. The molecule has 1 atom stereocenters. The van der Waals surface area contributed by atoms with Crippen LogP contribution >= 0.6 is 11.8 Å². The van der Waals surface area contributed by atoms with Gasteiger partial charge in [-0.05, 0) is 24.6 Å². The van der Waals surface area contributed by atoms with Crippen LogP contribution < -0.4 is 5.32 Å². The third-order valence-corrected chi connectivity index (χ3v) is 3.81. The van der Waals surface area contributed by atoms with Gasteiger partial charge in [0.1, 0.15) is 0 Å². The monoisotopic (exact) mass is 193 g/mol. The predicted octanol–water partition coefficient (Wildman–Crippen LogP) is 2.75. The molecule has 0 amide bonds. The van der Waals surface area contributed by atoms with Crippen molar-refractivity contribution in [1.29, 1.82) is 0 Å². The maximum atomic E-state index is 3.51. The normalized spacial score (nSPS) is 20.3. The number of fused-ring (bicyclic) bond motifs is 1. The fourth-order valence-corrected chi connectivity index (χ4v) is 3.12. The lowest BCUT2D eigenvalue weighted by Gasteiger charge is -2.11. The number of aryl methyl sites for hydroxylation is 1. The zero-order valence-corrected chi connectivity index (χ0v) is 8.95. The summed E-state index contributed by atoms with van der Waals surface area (Å²) in [6.07, 6.45) is 0. The van der Waals surface area contributed by atoms with Gasteiger partial charge in [0.05, 0.1) is 0 Å². The van der Waals surface area contributed by atoms with Crippen LogP contribution in [0.4, 0.5) is 0 Å². The Morgan fingerprint density at radius 2 is 2.38 bits per heavy atom. The molecule has 0 aromatic heterocycles. The van der Waals surface area contributed by atoms with Gasteiger partial charge in [0, 0.05) is 16.7 Å². The molecule has 1 aromatic rings. The van der Waals surface area contributed by atoms with Crippen molar-refractivity contribution in [3.05, 3.63) is 29.3 Å². The SMILES string of the molecule is CCNC1CSc2c(C)cccc21. The van der Waals surface area contributed by atoms with Crippen molar-refractivity contribution in [1.82, 2.24) is 5.32 Å². The van der Waals surface area contributed by atoms with E-state index in [9.17, 15) is 0 Å². The molecular weight excluding hydrogens is 178 g/mol. The Balaban J connectivity index is 2.32. The zero-order chi connectivity index (χ0) is 9.26. The molecule has 1 N–H and O–H groups in total. The van der Waals surface area contributed by atoms with Gasteiger partial charge in [-0.3, -0.25) is 0 Å². The van der Waals surface area contributed by atoms with E-state index in [0.717, 1.165) is 6.54 Å². The number of benzene rings is 1. The summed E-state index contributed by atoms with van der Waals surface area (Å²) >= 11 is 1.98. The molecule has 13 heavy (non-hydrogen) atoms. The lowest BCUT2D eigenvalue weighted by molar-refractivity contribution is 0.607. The van der Waals surface area contributed by atoms with E-state index < -0.39 is 0 Å². The summed E-state index contributed by atoms with van der Waals surface area (Å²) in [6.45, 7) is 5.41. The minimum absolute atomic E-state index is 0.574. The van der Waals surface area contributed by atoms with Crippen LogP contribution in [0, 0.1) is 6.92 Å². The third-order valence-electron chi connectivity index (χ3n) is 2.46. The second-order valence-electron chi connectivity index (χ2n) is 3.41. The number of hydrogen-bond donors (Lipinski definition) is 1. The molecular formula is C11H15NS. The molecule has 0 saturated carbocycles. The molecule has 0 saturated heterocycles. The average molecular weight is 193 g/mol. The van der Waals surface area contributed by atoms with Crippen molar-refractivity contribution >= 4 is 11.8 Å². The molecule has 1 aliphatic heterocycles. The number of nitrogens with one attached hydrogen (secondary N) is 1. The van der Waals surface area contributed by atoms with Crippen LogP contribution in [-0.2, 0) is 0 Å². The smallest absolute Gasteiger partial charge is 0.0426 e. The largest absolute Gasteiger partial charge is 0.309 e. The molecule has 0 bridgehead atoms. The van der Waals surface area contributed by atoms with Crippen molar-refractivity contribution in [2.24, 2.45) is 0 Å². The Hall–Kier alpha value is -0.470. The summed E-state index contributed by atoms with van der Waals surface area (Å²) in [5.41, 5.74) is 2.91. The van der Waals surface area contributed by atoms with E-state index in [0.29, 0.717) is 6.04 Å². The number of thioether (sulfide) groups is 1. The Bertz CT molecular complexity index is 309. The van der Waals surface area contributed by atoms with Crippen LogP contribution in [0.15, 0.2) is 23.1 Å². The van der Waals surface area contributed by atoms with Gasteiger partial charge in [0.15, 0.2) is 0 Å². The molecule has 0 aliphatic carbocycles. The minimum Gasteiger partial charge on any atom is -0.309 e. The first-order valence-electron chi connectivity index (χ1n) is 4.78. The Morgan fingerprint density at radius 1 is 1.54 bits per heavy atom. The number of rotatable bonds is 2. The standard InChI is InChI=1S/C11H15NS/c1-3-12-10-7-13-11-8(2)5-4-6-9(10)11/h4-6,10,12H,3,7H2,1-2H3. The van der Waals surface area contributed by atoms with Crippen molar-refractivity contribution in [2.45, 2.75) is 24.8 Å². The van der Waals surface area contributed by atoms with Gasteiger partial charge < -0.3 is 5.32 Å². The van der Waals surface area contributed by atoms with E-state index in [1.165, 1.54) is 21.8 Å². The summed E-state index contributed by atoms with van der Waals surface area (Å²) in [5, 5.41) is 3.51. The summed E-state index contributed by atoms with van der Waals surface area (Å²) in [6, 6.07) is 7.17. The third kappa shape index (κ3) is 1.61. The van der Waals surface area contributed by atoms with Gasteiger partial charge in [0.2, 0.25) is 0 Å². The second-order valence-corrected chi connectivity index (χ2v) is 4.44. The lowest BCUT2D eigenvalue weighted by Crippen LogP contribution is -2.20. The van der Waals surface area contributed by atoms with Gasteiger partial charge in [-0.2, -0.15) is 0 Å². The van der Waals surface area contributed by atoms with Crippen LogP contribution in [0.5, 0.6) is 0 Å². The molecule has 70 valence electrons. The maximum absolute atomic E-state index is 3.51. The fraction of sp³-hybridized carbons (Fsp3) is 0.455. The van der Waals surface area contributed by atoms with Gasteiger partial charge in [-0.1, -0.05) is 25.1 Å². The Labute approximate surface area is 83.9 Å². The van der Waals surface area contributed by atoms with Gasteiger partial charge in [-0.25, -0.2) is 0 Å². The van der Waals surface area contributed by atoms with Crippen LogP contribution in [0.3, 0.4) is 0 Å². The first kappa shape index (κ1) is 9.10. The van der Waals surface area contributed by atoms with E-state index >= 15 is 0 Å². The van der Waals surface area contributed by atoms with Gasteiger partial charge in [0.25, 0.3) is 0 Å². The molecule has 0 fully saturated rings. The summed E-state index contributed by atoms with van der Waals surface area (Å²) in [5.74, 6) is 1.19. The fourth-order valence-electron chi connectivity index (χ4n) is 1.82. The molecule has 1 aromatic carbocycles. The zero-order valence-electron chi connectivity index (χ0n) is 8.13. The number of hydrogen-bond acceptors (Lipinski definition) is 2. The summed E-state index contributed by atoms with van der Waals surface area (Å²) in [4.78, 5) is 1.49. The quantitative estimate of drug-likeness (QED) is 0.775. The average Bonchev–Trinajstić information content (AvgIpc) is 2.51. The van der Waals surface area contributed by atoms with E-state index in [4.69, 9.17) is 0 Å². The molecule has 0 spiro atoms. The highest BCUT2D eigenvalue weighted by molar-refractivity contribution is 7.99. The summed E-state index contributed by atoms with van der Waals surface area (Å²) in [7, 11) is 0. The highest BCUT2D eigenvalue weighted by atomic mass is 32.2. The van der Waals surface area contributed by atoms with Gasteiger partial charge >= 0.3 is 0 Å². The van der Waals surface area contributed by atoms with Crippen LogP contribution in [-0.4, -0.2) is 12.3 Å². The van der Waals surface area contributed by atoms with Crippen molar-refractivity contribution in [3.63, 3.8) is 0 Å². The molecule has 2 rings (SSSR count). The first-order chi connectivity index (χ1) is 6.33. The topological polar surface area (TPSA) is 12.0 Å². The van der Waals surface area contributed by atoms with Crippen molar-refractivity contribution < 1.29 is 0 Å². The van der Waals surface area contributed by atoms with Crippen LogP contribution in [0.25, 0.3) is 0 Å². The van der Waals surface area contributed by atoms with Crippen molar-refractivity contribution in [2.75, 3.05) is 12.3 Å². The second kappa shape index (κ2) is 3.72. The van der Waals surface area contributed by atoms with Gasteiger partial charge in [-0.15, -0.1) is 11.8 Å². The maximum Gasteiger partial charge on any atom is 0.0426 e. The molecule has 2 heteroatoms. The van der Waals surface area contributed by atoms with E-state index in [-0.39, 0.29) is 0 Å². The molecule has 0 radical (unpaired) electrons. The molecule has 1 aliphatic rings.